The Kier molecular flexibility index (Phi) is 4.04. The molecule has 1 aliphatic carbocycles. The maximum atomic E-state index is 3.67. The largest absolute Gasteiger partial charge is 0.309 e. The summed E-state index contributed by atoms with van der Waals surface area (Å²) in [7, 11) is 0. The van der Waals surface area contributed by atoms with Crippen molar-refractivity contribution >= 4 is 11.3 Å². The molecule has 16 heavy (non-hydrogen) atoms. The molecule has 1 heterocycles. The number of rotatable bonds is 6. The Morgan fingerprint density at radius 1 is 1.38 bits per heavy atom. The van der Waals surface area contributed by atoms with E-state index in [9.17, 15) is 0 Å². The highest BCUT2D eigenvalue weighted by Gasteiger charge is 2.34. The third-order valence-electron chi connectivity index (χ3n) is 3.65. The fourth-order valence-electron chi connectivity index (χ4n) is 2.41. The van der Waals surface area contributed by atoms with Gasteiger partial charge in [0.15, 0.2) is 0 Å². The minimum atomic E-state index is 0.586. The van der Waals surface area contributed by atoms with Gasteiger partial charge in [-0.25, -0.2) is 0 Å². The van der Waals surface area contributed by atoms with Crippen LogP contribution >= 0.6 is 11.3 Å². The Hall–Kier alpha value is -0.340. The lowest BCUT2D eigenvalue weighted by Gasteiger charge is -2.23. The SMILES string of the molecule is CCNC(c1ccc(CC)s1)C(C)C1CC1. The maximum absolute atomic E-state index is 3.67. The van der Waals surface area contributed by atoms with Gasteiger partial charge in [0, 0.05) is 15.8 Å². The van der Waals surface area contributed by atoms with E-state index < -0.39 is 0 Å². The number of aryl methyl sites for hydroxylation is 1. The molecular formula is C14H23NS. The standard InChI is InChI=1S/C14H23NS/c1-4-12-8-9-13(16-12)14(15-5-2)10(3)11-6-7-11/h8-11,14-15H,4-7H2,1-3H3. The minimum absolute atomic E-state index is 0.586. The van der Waals surface area contributed by atoms with Crippen LogP contribution < -0.4 is 5.32 Å². The molecule has 1 fully saturated rings. The molecule has 1 aliphatic rings. The molecule has 1 aromatic heterocycles. The number of hydrogen-bond donors (Lipinski definition) is 1. The van der Waals surface area contributed by atoms with E-state index in [-0.39, 0.29) is 0 Å². The summed E-state index contributed by atoms with van der Waals surface area (Å²) in [6, 6.07) is 5.21. The topological polar surface area (TPSA) is 12.0 Å². The van der Waals surface area contributed by atoms with Crippen LogP contribution in [0.4, 0.5) is 0 Å². The van der Waals surface area contributed by atoms with Crippen LogP contribution in [-0.2, 0) is 6.42 Å². The van der Waals surface area contributed by atoms with Gasteiger partial charge in [-0.2, -0.15) is 0 Å². The first kappa shape index (κ1) is 12.1. The Morgan fingerprint density at radius 3 is 2.62 bits per heavy atom. The Balaban J connectivity index is 2.10. The summed E-state index contributed by atoms with van der Waals surface area (Å²) < 4.78 is 0. The molecule has 2 heteroatoms. The molecule has 1 aromatic rings. The average Bonchev–Trinajstić information content (AvgIpc) is 3.04. The van der Waals surface area contributed by atoms with Crippen LogP contribution in [0.15, 0.2) is 12.1 Å². The molecule has 2 unspecified atom stereocenters. The summed E-state index contributed by atoms with van der Waals surface area (Å²) in [6.07, 6.45) is 4.05. The highest BCUT2D eigenvalue weighted by Crippen LogP contribution is 2.43. The second kappa shape index (κ2) is 5.33. The van der Waals surface area contributed by atoms with Crippen LogP contribution in [0.1, 0.15) is 49.4 Å². The van der Waals surface area contributed by atoms with Crippen molar-refractivity contribution < 1.29 is 0 Å². The number of hydrogen-bond acceptors (Lipinski definition) is 2. The fourth-order valence-corrected chi connectivity index (χ4v) is 3.56. The van der Waals surface area contributed by atoms with Gasteiger partial charge in [-0.05, 0) is 49.8 Å². The van der Waals surface area contributed by atoms with Crippen molar-refractivity contribution in [2.24, 2.45) is 11.8 Å². The van der Waals surface area contributed by atoms with Gasteiger partial charge in [0.05, 0.1) is 0 Å². The fraction of sp³-hybridized carbons (Fsp3) is 0.714. The first-order valence-electron chi connectivity index (χ1n) is 6.58. The highest BCUT2D eigenvalue weighted by molar-refractivity contribution is 7.12. The molecular weight excluding hydrogens is 214 g/mol. The van der Waals surface area contributed by atoms with Crippen LogP contribution in [0.25, 0.3) is 0 Å². The van der Waals surface area contributed by atoms with Crippen LogP contribution in [-0.4, -0.2) is 6.54 Å². The molecule has 0 radical (unpaired) electrons. The summed E-state index contributed by atoms with van der Waals surface area (Å²) in [5, 5.41) is 3.67. The molecule has 1 N–H and O–H groups in total. The Morgan fingerprint density at radius 2 is 2.12 bits per heavy atom. The summed E-state index contributed by atoms with van der Waals surface area (Å²) in [6.45, 7) is 7.93. The summed E-state index contributed by atoms with van der Waals surface area (Å²) in [4.78, 5) is 3.05. The van der Waals surface area contributed by atoms with Crippen molar-refractivity contribution in [1.29, 1.82) is 0 Å². The lowest BCUT2D eigenvalue weighted by atomic mass is 9.95. The van der Waals surface area contributed by atoms with Gasteiger partial charge >= 0.3 is 0 Å². The molecule has 1 saturated carbocycles. The Bertz CT molecular complexity index is 327. The van der Waals surface area contributed by atoms with Gasteiger partial charge in [-0.3, -0.25) is 0 Å². The van der Waals surface area contributed by atoms with Gasteiger partial charge < -0.3 is 5.32 Å². The van der Waals surface area contributed by atoms with E-state index in [4.69, 9.17) is 0 Å². The second-order valence-corrected chi connectivity index (χ2v) is 6.09. The number of thiophene rings is 1. The quantitative estimate of drug-likeness (QED) is 0.788. The van der Waals surface area contributed by atoms with Crippen LogP contribution in [0.2, 0.25) is 0 Å². The molecule has 0 aromatic carbocycles. The van der Waals surface area contributed by atoms with E-state index >= 15 is 0 Å². The minimum Gasteiger partial charge on any atom is -0.309 e. The van der Waals surface area contributed by atoms with E-state index in [1.165, 1.54) is 29.0 Å². The van der Waals surface area contributed by atoms with Crippen molar-refractivity contribution in [3.05, 3.63) is 21.9 Å². The lowest BCUT2D eigenvalue weighted by molar-refractivity contribution is 0.360. The third kappa shape index (κ3) is 2.67. The van der Waals surface area contributed by atoms with E-state index in [0.717, 1.165) is 18.4 Å². The zero-order valence-corrected chi connectivity index (χ0v) is 11.4. The summed E-state index contributed by atoms with van der Waals surface area (Å²) in [5.41, 5.74) is 0. The Labute approximate surface area is 103 Å². The molecule has 0 spiro atoms. The van der Waals surface area contributed by atoms with Crippen LogP contribution in [0.3, 0.4) is 0 Å². The molecule has 0 amide bonds. The van der Waals surface area contributed by atoms with E-state index in [1.54, 1.807) is 0 Å². The van der Waals surface area contributed by atoms with Crippen molar-refractivity contribution in [1.82, 2.24) is 5.32 Å². The second-order valence-electron chi connectivity index (χ2n) is 4.89. The predicted octanol–water partition coefficient (Wildman–Crippen LogP) is 4.01. The van der Waals surface area contributed by atoms with Gasteiger partial charge in [0.25, 0.3) is 0 Å². The van der Waals surface area contributed by atoms with E-state index in [0.29, 0.717) is 6.04 Å². The normalized spacial score (nSPS) is 19.7. The van der Waals surface area contributed by atoms with Gasteiger partial charge in [-0.15, -0.1) is 11.3 Å². The third-order valence-corrected chi connectivity index (χ3v) is 4.97. The zero-order chi connectivity index (χ0) is 11.5. The van der Waals surface area contributed by atoms with Gasteiger partial charge in [0.1, 0.15) is 0 Å². The molecule has 0 aliphatic heterocycles. The lowest BCUT2D eigenvalue weighted by Crippen LogP contribution is -2.27. The zero-order valence-electron chi connectivity index (χ0n) is 10.6. The molecule has 2 atom stereocenters. The van der Waals surface area contributed by atoms with Crippen molar-refractivity contribution in [3.8, 4) is 0 Å². The van der Waals surface area contributed by atoms with Crippen molar-refractivity contribution in [2.75, 3.05) is 6.54 Å². The first-order chi connectivity index (χ1) is 7.76. The highest BCUT2D eigenvalue weighted by atomic mass is 32.1. The monoisotopic (exact) mass is 237 g/mol. The van der Waals surface area contributed by atoms with E-state index in [1.807, 2.05) is 11.3 Å². The molecule has 0 saturated heterocycles. The molecule has 2 rings (SSSR count). The predicted molar refractivity (Wildman–Crippen MR) is 72.0 cm³/mol. The van der Waals surface area contributed by atoms with Gasteiger partial charge in [0.2, 0.25) is 0 Å². The maximum Gasteiger partial charge on any atom is 0.0443 e. The van der Waals surface area contributed by atoms with E-state index in [2.05, 4.69) is 38.2 Å². The van der Waals surface area contributed by atoms with Crippen LogP contribution in [0.5, 0.6) is 0 Å². The van der Waals surface area contributed by atoms with Crippen molar-refractivity contribution in [2.45, 2.75) is 46.1 Å². The first-order valence-corrected chi connectivity index (χ1v) is 7.39. The van der Waals surface area contributed by atoms with Gasteiger partial charge in [-0.1, -0.05) is 20.8 Å². The van der Waals surface area contributed by atoms with Crippen LogP contribution in [0, 0.1) is 11.8 Å². The molecule has 90 valence electrons. The van der Waals surface area contributed by atoms with Crippen molar-refractivity contribution in [3.63, 3.8) is 0 Å². The summed E-state index contributed by atoms with van der Waals surface area (Å²) >= 11 is 1.99. The average molecular weight is 237 g/mol. The molecule has 0 bridgehead atoms. The molecule has 1 nitrogen and oxygen atoms in total. The number of nitrogens with one attached hydrogen (secondary N) is 1. The summed E-state index contributed by atoms with van der Waals surface area (Å²) in [5.74, 6) is 1.76. The smallest absolute Gasteiger partial charge is 0.0443 e.